The van der Waals surface area contributed by atoms with E-state index < -0.39 is 51.4 Å². The molecule has 2 aliphatic rings. The summed E-state index contributed by atoms with van der Waals surface area (Å²) in [6.07, 6.45) is 0.325. The molecular weight excluding hydrogens is 544 g/mol. The molecule has 0 radical (unpaired) electrons. The van der Waals surface area contributed by atoms with Crippen molar-refractivity contribution in [3.63, 3.8) is 0 Å². The average Bonchev–Trinajstić information content (AvgIpc) is 3.08. The average molecular weight is 559 g/mol. The first kappa shape index (κ1) is 24.8. The maximum Gasteiger partial charge on any atom is 0.253 e. The number of halogens is 7. The lowest BCUT2D eigenvalue weighted by Gasteiger charge is -2.14. The lowest BCUT2D eigenvalue weighted by atomic mass is 10.1. The normalized spacial score (nSPS) is 23.3. The summed E-state index contributed by atoms with van der Waals surface area (Å²) in [7, 11) is 0. The number of rotatable bonds is 5. The number of ether oxygens (including phenoxy) is 1. The molecule has 33 heavy (non-hydrogen) atoms. The zero-order valence-corrected chi connectivity index (χ0v) is 20.3. The second-order valence-electron chi connectivity index (χ2n) is 7.69. The van der Waals surface area contributed by atoms with E-state index in [-0.39, 0.29) is 20.8 Å². The van der Waals surface area contributed by atoms with Gasteiger partial charge < -0.3 is 15.4 Å². The van der Waals surface area contributed by atoms with Gasteiger partial charge in [0, 0.05) is 12.5 Å². The number of hydrogen-bond acceptors (Lipinski definition) is 3. The predicted molar refractivity (Wildman–Crippen MR) is 125 cm³/mol. The molecule has 0 bridgehead atoms. The molecule has 5 nitrogen and oxygen atoms in total. The topological polar surface area (TPSA) is 67.4 Å². The quantitative estimate of drug-likeness (QED) is 0.322. The van der Waals surface area contributed by atoms with Crippen LogP contribution in [0.4, 0.5) is 20.2 Å². The number of carbonyl (C=O) groups excluding carboxylic acids is 2. The summed E-state index contributed by atoms with van der Waals surface area (Å²) < 4.78 is 32.9. The number of benzene rings is 2. The van der Waals surface area contributed by atoms with Crippen molar-refractivity contribution >= 4 is 81.2 Å². The Morgan fingerprint density at radius 2 is 1.70 bits per heavy atom. The highest BCUT2D eigenvalue weighted by atomic mass is 35.5. The first-order chi connectivity index (χ1) is 15.5. The molecule has 12 heteroatoms. The minimum atomic E-state index is -1.52. The fourth-order valence-corrected chi connectivity index (χ4v) is 5.23. The number of anilines is 2. The van der Waals surface area contributed by atoms with E-state index in [9.17, 15) is 18.4 Å². The maximum absolute atomic E-state index is 15.0. The third-order valence-electron chi connectivity index (χ3n) is 5.52. The Balaban J connectivity index is 1.53. The molecule has 1 saturated heterocycles. The van der Waals surface area contributed by atoms with Crippen LogP contribution in [0.1, 0.15) is 24.3 Å². The van der Waals surface area contributed by atoms with Crippen LogP contribution >= 0.6 is 58.0 Å². The predicted octanol–water partition coefficient (Wildman–Crippen LogP) is 6.57. The summed E-state index contributed by atoms with van der Waals surface area (Å²) in [5.74, 6) is -5.23. The van der Waals surface area contributed by atoms with Crippen LogP contribution < -0.4 is 10.6 Å². The van der Waals surface area contributed by atoms with Crippen LogP contribution in [0, 0.1) is 17.6 Å². The number of carbonyl (C=O) groups is 2. The summed E-state index contributed by atoms with van der Waals surface area (Å²) in [5.41, 5.74) is -0.574. The van der Waals surface area contributed by atoms with Gasteiger partial charge in [-0.25, -0.2) is 8.78 Å². The summed E-state index contributed by atoms with van der Waals surface area (Å²) in [4.78, 5) is 25.1. The van der Waals surface area contributed by atoms with Gasteiger partial charge in [-0.2, -0.15) is 0 Å². The third kappa shape index (κ3) is 4.77. The van der Waals surface area contributed by atoms with Gasteiger partial charge in [0.1, 0.15) is 21.9 Å². The molecule has 1 aliphatic carbocycles. The number of alkyl halides is 2. The second-order valence-corrected chi connectivity index (χ2v) is 10.3. The van der Waals surface area contributed by atoms with E-state index in [4.69, 9.17) is 62.7 Å². The van der Waals surface area contributed by atoms with E-state index in [1.54, 1.807) is 0 Å². The standard InChI is InChI=1S/C21H15Cl5F2N2O3/c22-9-6-8(7-10(23)16(9)24)14-15(21(14,25)26)20(32)29-12-4-3-11(27)18(17(12)28)30-19(31)13-2-1-5-33-13/h3-4,6-7,13-15H,1-2,5H2,(H,29,32)(H,30,31)/t13?,14-,15?/m0/s1. The molecule has 2 aromatic carbocycles. The van der Waals surface area contributed by atoms with Gasteiger partial charge in [0.15, 0.2) is 5.82 Å². The third-order valence-corrected chi connectivity index (χ3v) is 7.66. The molecule has 2 fully saturated rings. The van der Waals surface area contributed by atoms with Crippen LogP contribution in [0.15, 0.2) is 24.3 Å². The summed E-state index contributed by atoms with van der Waals surface area (Å²) in [6.45, 7) is 0.393. The molecule has 4 rings (SSSR count). The van der Waals surface area contributed by atoms with Gasteiger partial charge >= 0.3 is 0 Å². The Morgan fingerprint density at radius 1 is 1.03 bits per heavy atom. The molecule has 1 saturated carbocycles. The Bertz CT molecular complexity index is 1120. The van der Waals surface area contributed by atoms with E-state index >= 15 is 0 Å². The van der Waals surface area contributed by atoms with Crippen molar-refractivity contribution < 1.29 is 23.1 Å². The molecule has 2 aromatic rings. The molecule has 1 heterocycles. The number of nitrogens with one attached hydrogen (secondary N) is 2. The highest BCUT2D eigenvalue weighted by Crippen LogP contribution is 2.65. The van der Waals surface area contributed by atoms with Crippen molar-refractivity contribution in [2.45, 2.75) is 29.2 Å². The van der Waals surface area contributed by atoms with Gasteiger partial charge in [-0.1, -0.05) is 34.8 Å². The fraction of sp³-hybridized carbons (Fsp3) is 0.333. The smallest absolute Gasteiger partial charge is 0.253 e. The SMILES string of the molecule is O=C(Nc1c(F)ccc(NC(=O)C2[C@H](c3cc(Cl)c(Cl)c(Cl)c3)C2(Cl)Cl)c1F)C1CCCO1. The molecule has 2 amide bonds. The van der Waals surface area contributed by atoms with Gasteiger partial charge in [-0.15, -0.1) is 23.2 Å². The Labute approximate surface area is 212 Å². The molecule has 0 aromatic heterocycles. The van der Waals surface area contributed by atoms with Crippen LogP contribution in [0.2, 0.25) is 15.1 Å². The van der Waals surface area contributed by atoms with Gasteiger partial charge in [-0.3, -0.25) is 9.59 Å². The summed E-state index contributed by atoms with van der Waals surface area (Å²) >= 11 is 30.7. The highest BCUT2D eigenvalue weighted by molar-refractivity contribution is 6.54. The first-order valence-corrected chi connectivity index (χ1v) is 11.6. The monoisotopic (exact) mass is 556 g/mol. The molecular formula is C21H15Cl5F2N2O3. The van der Waals surface area contributed by atoms with Gasteiger partial charge in [0.25, 0.3) is 5.91 Å². The molecule has 0 spiro atoms. The largest absolute Gasteiger partial charge is 0.368 e. The number of amides is 2. The van der Waals surface area contributed by atoms with Crippen molar-refractivity contribution in [2.75, 3.05) is 17.2 Å². The summed E-state index contributed by atoms with van der Waals surface area (Å²) in [6, 6.07) is 4.93. The zero-order chi connectivity index (χ0) is 24.1. The van der Waals surface area contributed by atoms with Gasteiger partial charge in [0.05, 0.1) is 26.7 Å². The Kier molecular flexibility index (Phi) is 7.03. The molecule has 176 valence electrons. The van der Waals surface area contributed by atoms with Crippen LogP contribution in [0.5, 0.6) is 0 Å². The van der Waals surface area contributed by atoms with E-state index in [0.717, 1.165) is 12.1 Å². The van der Waals surface area contributed by atoms with Crippen LogP contribution in [0.25, 0.3) is 0 Å². The van der Waals surface area contributed by atoms with Gasteiger partial charge in [0.2, 0.25) is 5.91 Å². The molecule has 2 unspecified atom stereocenters. The lowest BCUT2D eigenvalue weighted by molar-refractivity contribution is -0.124. The number of hydrogen-bond donors (Lipinski definition) is 2. The maximum atomic E-state index is 15.0. The van der Waals surface area contributed by atoms with Crippen LogP contribution in [-0.4, -0.2) is 28.9 Å². The minimum Gasteiger partial charge on any atom is -0.368 e. The highest BCUT2D eigenvalue weighted by Gasteiger charge is 2.67. The van der Waals surface area contributed by atoms with Crippen LogP contribution in [-0.2, 0) is 14.3 Å². The Morgan fingerprint density at radius 3 is 2.30 bits per heavy atom. The fourth-order valence-electron chi connectivity index (χ4n) is 3.78. The van der Waals surface area contributed by atoms with Crippen molar-refractivity contribution in [1.82, 2.24) is 0 Å². The Hall–Kier alpha value is -1.35. The lowest BCUT2D eigenvalue weighted by Crippen LogP contribution is -2.28. The van der Waals surface area contributed by atoms with Crippen molar-refractivity contribution in [1.29, 1.82) is 0 Å². The van der Waals surface area contributed by atoms with E-state index in [1.165, 1.54) is 12.1 Å². The zero-order valence-electron chi connectivity index (χ0n) is 16.5. The first-order valence-electron chi connectivity index (χ1n) is 9.76. The molecule has 3 atom stereocenters. The van der Waals surface area contributed by atoms with E-state index in [0.29, 0.717) is 25.0 Å². The molecule has 2 N–H and O–H groups in total. The summed E-state index contributed by atoms with van der Waals surface area (Å²) in [5, 5.41) is 5.00. The van der Waals surface area contributed by atoms with Gasteiger partial charge in [-0.05, 0) is 42.7 Å². The van der Waals surface area contributed by atoms with Crippen molar-refractivity contribution in [2.24, 2.45) is 5.92 Å². The minimum absolute atomic E-state index is 0.143. The van der Waals surface area contributed by atoms with E-state index in [1.807, 2.05) is 0 Å². The van der Waals surface area contributed by atoms with Crippen molar-refractivity contribution in [3.05, 3.63) is 56.5 Å². The second kappa shape index (κ2) is 9.36. The van der Waals surface area contributed by atoms with Crippen molar-refractivity contribution in [3.8, 4) is 0 Å². The van der Waals surface area contributed by atoms with Crippen LogP contribution in [0.3, 0.4) is 0 Å². The van der Waals surface area contributed by atoms with E-state index in [2.05, 4.69) is 10.6 Å². The molecule has 1 aliphatic heterocycles.